The van der Waals surface area contributed by atoms with Gasteiger partial charge in [-0.15, -0.1) is 0 Å². The number of carbonyl (C=O) groups excluding carboxylic acids is 2. The number of hydrogen-bond acceptors (Lipinski definition) is 3. The van der Waals surface area contributed by atoms with Crippen LogP contribution in [0.4, 0.5) is 5.69 Å². The predicted octanol–water partition coefficient (Wildman–Crippen LogP) is 4.89. The molecule has 150 valence electrons. The molecule has 0 heterocycles. The minimum absolute atomic E-state index is 0.113. The van der Waals surface area contributed by atoms with Crippen molar-refractivity contribution in [3.05, 3.63) is 59.7 Å². The number of rotatable bonds is 9. The number of ether oxygens (including phenoxy) is 1. The van der Waals surface area contributed by atoms with Crippen LogP contribution in [0, 0.1) is 5.92 Å². The second-order valence-corrected chi connectivity index (χ2v) is 7.37. The largest absolute Gasteiger partial charge is 0.494 e. The lowest BCUT2D eigenvalue weighted by Crippen LogP contribution is -2.31. The molecule has 0 aliphatic carbocycles. The second kappa shape index (κ2) is 10.5. The SMILES string of the molecule is CCC(C)NC(=O)c1ccc(NC(=O)c2cccc(OCCC(C)C)c2)cc1. The molecule has 5 heteroatoms. The molecule has 0 spiro atoms. The van der Waals surface area contributed by atoms with Crippen molar-refractivity contribution in [2.75, 3.05) is 11.9 Å². The first kappa shape index (κ1) is 21.5. The van der Waals surface area contributed by atoms with Gasteiger partial charge in [0.05, 0.1) is 6.61 Å². The molecule has 2 aromatic rings. The molecule has 0 aliphatic heterocycles. The van der Waals surface area contributed by atoms with E-state index >= 15 is 0 Å². The van der Waals surface area contributed by atoms with Gasteiger partial charge in [0.2, 0.25) is 0 Å². The molecular formula is C23H30N2O3. The summed E-state index contributed by atoms with van der Waals surface area (Å²) in [6, 6.07) is 14.1. The van der Waals surface area contributed by atoms with E-state index in [1.54, 1.807) is 36.4 Å². The zero-order valence-electron chi connectivity index (χ0n) is 17.1. The van der Waals surface area contributed by atoms with Crippen LogP contribution >= 0.6 is 0 Å². The highest BCUT2D eigenvalue weighted by atomic mass is 16.5. The third-order valence-electron chi connectivity index (χ3n) is 4.45. The van der Waals surface area contributed by atoms with E-state index in [0.29, 0.717) is 35.1 Å². The average Bonchev–Trinajstić information content (AvgIpc) is 2.68. The molecule has 28 heavy (non-hydrogen) atoms. The van der Waals surface area contributed by atoms with E-state index in [4.69, 9.17) is 4.74 Å². The van der Waals surface area contributed by atoms with Gasteiger partial charge < -0.3 is 15.4 Å². The molecule has 2 rings (SSSR count). The van der Waals surface area contributed by atoms with E-state index in [0.717, 1.165) is 12.8 Å². The van der Waals surface area contributed by atoms with Crippen LogP contribution < -0.4 is 15.4 Å². The summed E-state index contributed by atoms with van der Waals surface area (Å²) in [5.74, 6) is 0.927. The van der Waals surface area contributed by atoms with Crippen LogP contribution in [0.25, 0.3) is 0 Å². The Morgan fingerprint density at radius 3 is 2.32 bits per heavy atom. The smallest absolute Gasteiger partial charge is 0.255 e. The monoisotopic (exact) mass is 382 g/mol. The molecule has 2 amide bonds. The maximum atomic E-state index is 12.5. The zero-order valence-corrected chi connectivity index (χ0v) is 17.1. The standard InChI is InChI=1S/C23H30N2O3/c1-5-17(4)24-22(26)18-9-11-20(12-10-18)25-23(27)19-7-6-8-21(15-19)28-14-13-16(2)3/h6-12,15-17H,5,13-14H2,1-4H3,(H,24,26)(H,25,27). The summed E-state index contributed by atoms with van der Waals surface area (Å²) in [4.78, 5) is 24.6. The van der Waals surface area contributed by atoms with Gasteiger partial charge in [-0.3, -0.25) is 9.59 Å². The summed E-state index contributed by atoms with van der Waals surface area (Å²) in [6.45, 7) is 8.91. The maximum absolute atomic E-state index is 12.5. The van der Waals surface area contributed by atoms with Crippen molar-refractivity contribution in [2.24, 2.45) is 5.92 Å². The maximum Gasteiger partial charge on any atom is 0.255 e. The van der Waals surface area contributed by atoms with Crippen LogP contribution in [0.1, 0.15) is 61.3 Å². The van der Waals surface area contributed by atoms with Crippen molar-refractivity contribution < 1.29 is 14.3 Å². The van der Waals surface area contributed by atoms with Crippen molar-refractivity contribution in [2.45, 2.75) is 46.6 Å². The minimum atomic E-state index is -0.217. The molecule has 0 fully saturated rings. The first-order chi connectivity index (χ1) is 13.4. The summed E-state index contributed by atoms with van der Waals surface area (Å²) in [5.41, 5.74) is 1.73. The Labute approximate surface area is 167 Å². The van der Waals surface area contributed by atoms with Crippen molar-refractivity contribution >= 4 is 17.5 Å². The molecule has 0 aromatic heterocycles. The van der Waals surface area contributed by atoms with Crippen molar-refractivity contribution in [3.63, 3.8) is 0 Å². The van der Waals surface area contributed by atoms with E-state index < -0.39 is 0 Å². The Bertz CT molecular complexity index is 785. The number of anilines is 1. The third-order valence-corrected chi connectivity index (χ3v) is 4.45. The van der Waals surface area contributed by atoms with Gasteiger partial charge in [0.25, 0.3) is 11.8 Å². The van der Waals surface area contributed by atoms with Crippen molar-refractivity contribution in [1.29, 1.82) is 0 Å². The topological polar surface area (TPSA) is 67.4 Å². The van der Waals surface area contributed by atoms with Gasteiger partial charge in [-0.25, -0.2) is 0 Å². The van der Waals surface area contributed by atoms with E-state index in [-0.39, 0.29) is 17.9 Å². The fourth-order valence-electron chi connectivity index (χ4n) is 2.46. The lowest BCUT2D eigenvalue weighted by molar-refractivity contribution is 0.0938. The van der Waals surface area contributed by atoms with Gasteiger partial charge in [-0.2, -0.15) is 0 Å². The Morgan fingerprint density at radius 1 is 0.964 bits per heavy atom. The van der Waals surface area contributed by atoms with E-state index in [9.17, 15) is 9.59 Å². The molecule has 2 aromatic carbocycles. The Balaban J connectivity index is 1.96. The normalized spacial score (nSPS) is 11.8. The number of carbonyl (C=O) groups is 2. The van der Waals surface area contributed by atoms with E-state index in [1.807, 2.05) is 26.0 Å². The van der Waals surface area contributed by atoms with Crippen LogP contribution in [0.5, 0.6) is 5.75 Å². The molecular weight excluding hydrogens is 352 g/mol. The summed E-state index contributed by atoms with van der Waals surface area (Å²) < 4.78 is 5.72. The van der Waals surface area contributed by atoms with Crippen molar-refractivity contribution in [3.8, 4) is 5.75 Å². The lowest BCUT2D eigenvalue weighted by atomic mass is 10.1. The van der Waals surface area contributed by atoms with Gasteiger partial charge in [-0.1, -0.05) is 26.8 Å². The Hall–Kier alpha value is -2.82. The van der Waals surface area contributed by atoms with Gasteiger partial charge in [0, 0.05) is 22.9 Å². The van der Waals surface area contributed by atoms with E-state index in [2.05, 4.69) is 24.5 Å². The number of benzene rings is 2. The highest BCUT2D eigenvalue weighted by Crippen LogP contribution is 2.17. The summed E-state index contributed by atoms with van der Waals surface area (Å²) >= 11 is 0. The molecule has 5 nitrogen and oxygen atoms in total. The third kappa shape index (κ3) is 6.72. The van der Waals surface area contributed by atoms with Crippen LogP contribution in [-0.2, 0) is 0 Å². The van der Waals surface area contributed by atoms with E-state index in [1.165, 1.54) is 0 Å². The minimum Gasteiger partial charge on any atom is -0.494 e. The summed E-state index contributed by atoms with van der Waals surface area (Å²) in [7, 11) is 0. The molecule has 0 radical (unpaired) electrons. The molecule has 0 saturated carbocycles. The van der Waals surface area contributed by atoms with Crippen LogP contribution in [0.2, 0.25) is 0 Å². The van der Waals surface area contributed by atoms with Crippen LogP contribution in [-0.4, -0.2) is 24.5 Å². The molecule has 0 saturated heterocycles. The fourth-order valence-corrected chi connectivity index (χ4v) is 2.46. The summed E-state index contributed by atoms with van der Waals surface area (Å²) in [6.07, 6.45) is 1.84. The first-order valence-electron chi connectivity index (χ1n) is 9.84. The number of hydrogen-bond donors (Lipinski definition) is 2. The second-order valence-electron chi connectivity index (χ2n) is 7.37. The number of amides is 2. The molecule has 0 bridgehead atoms. The van der Waals surface area contributed by atoms with Gasteiger partial charge >= 0.3 is 0 Å². The van der Waals surface area contributed by atoms with Gasteiger partial charge in [0.15, 0.2) is 0 Å². The molecule has 1 atom stereocenters. The first-order valence-corrected chi connectivity index (χ1v) is 9.84. The highest BCUT2D eigenvalue weighted by Gasteiger charge is 2.10. The highest BCUT2D eigenvalue weighted by molar-refractivity contribution is 6.04. The van der Waals surface area contributed by atoms with Gasteiger partial charge in [-0.05, 0) is 68.1 Å². The molecule has 1 unspecified atom stereocenters. The zero-order chi connectivity index (χ0) is 20.5. The Morgan fingerprint density at radius 2 is 1.68 bits per heavy atom. The van der Waals surface area contributed by atoms with Crippen LogP contribution in [0.15, 0.2) is 48.5 Å². The average molecular weight is 383 g/mol. The van der Waals surface area contributed by atoms with Crippen LogP contribution in [0.3, 0.4) is 0 Å². The van der Waals surface area contributed by atoms with Gasteiger partial charge in [0.1, 0.15) is 5.75 Å². The van der Waals surface area contributed by atoms with Crippen molar-refractivity contribution in [1.82, 2.24) is 5.32 Å². The summed E-state index contributed by atoms with van der Waals surface area (Å²) in [5, 5.41) is 5.77. The lowest BCUT2D eigenvalue weighted by Gasteiger charge is -2.12. The quantitative estimate of drug-likeness (QED) is 0.649. The molecule has 2 N–H and O–H groups in total. The number of nitrogens with one attached hydrogen (secondary N) is 2. The Kier molecular flexibility index (Phi) is 8.05. The molecule has 0 aliphatic rings. The fraction of sp³-hybridized carbons (Fsp3) is 0.391. The predicted molar refractivity (Wildman–Crippen MR) is 113 cm³/mol.